The molecule has 1 fully saturated rings. The molecular weight excluding hydrogens is 418 g/mol. The van der Waals surface area contributed by atoms with Crippen molar-refractivity contribution in [1.29, 1.82) is 0 Å². The van der Waals surface area contributed by atoms with E-state index in [4.69, 9.17) is 9.84 Å². The molecule has 1 saturated heterocycles. The van der Waals surface area contributed by atoms with Crippen molar-refractivity contribution in [3.63, 3.8) is 0 Å². The third kappa shape index (κ3) is 6.71. The first-order valence-corrected chi connectivity index (χ1v) is 9.11. The lowest BCUT2D eigenvalue weighted by atomic mass is 9.99. The van der Waals surface area contributed by atoms with Gasteiger partial charge in [-0.1, -0.05) is 12.1 Å². The standard InChI is InChI=1S/C19H21F6N2O3/c20-18(21,22)15-3-1-2-14(17(15)19(23,24)25)4-5-16(29)27-8-6-26(7-9-27)10-12-30-13-11-28/h1-2,4-5,28H,6-13H2/b5-4+. The Hall–Kier alpha value is -2.11. The summed E-state index contributed by atoms with van der Waals surface area (Å²) in [5.41, 5.74) is -4.53. The number of hydrogen-bond acceptors (Lipinski definition) is 4. The second-order valence-corrected chi connectivity index (χ2v) is 6.51. The number of hydrogen-bond donors (Lipinski definition) is 1. The zero-order valence-corrected chi connectivity index (χ0v) is 15.9. The van der Waals surface area contributed by atoms with Crippen molar-refractivity contribution in [2.45, 2.75) is 12.4 Å². The van der Waals surface area contributed by atoms with E-state index in [2.05, 4.69) is 0 Å². The number of piperazine rings is 1. The van der Waals surface area contributed by atoms with E-state index in [-0.39, 0.29) is 13.2 Å². The van der Waals surface area contributed by atoms with Crippen molar-refractivity contribution in [3.05, 3.63) is 41.0 Å². The Morgan fingerprint density at radius 1 is 1.10 bits per heavy atom. The molecule has 30 heavy (non-hydrogen) atoms. The molecule has 0 unspecified atom stereocenters. The molecule has 5 nitrogen and oxygen atoms in total. The van der Waals surface area contributed by atoms with Crippen LogP contribution in [0.3, 0.4) is 0 Å². The predicted octanol–water partition coefficient (Wildman–Crippen LogP) is 2.69. The highest BCUT2D eigenvalue weighted by atomic mass is 19.4. The van der Waals surface area contributed by atoms with Crippen LogP contribution in [0.4, 0.5) is 26.3 Å². The van der Waals surface area contributed by atoms with Gasteiger partial charge in [0, 0.05) is 38.8 Å². The van der Waals surface area contributed by atoms with Crippen LogP contribution in [0.15, 0.2) is 18.2 Å². The fourth-order valence-electron chi connectivity index (χ4n) is 3.00. The molecule has 0 spiro atoms. The molecule has 1 radical (unpaired) electrons. The maximum atomic E-state index is 13.2. The van der Waals surface area contributed by atoms with E-state index in [0.29, 0.717) is 39.3 Å². The molecule has 0 aromatic heterocycles. The van der Waals surface area contributed by atoms with Gasteiger partial charge in [-0.3, -0.25) is 9.69 Å². The number of halogens is 6. The first-order chi connectivity index (χ1) is 14.0. The number of benzene rings is 1. The van der Waals surface area contributed by atoms with Crippen LogP contribution in [0.1, 0.15) is 16.7 Å². The van der Waals surface area contributed by atoms with Crippen LogP contribution in [-0.2, 0) is 21.9 Å². The largest absolute Gasteiger partial charge is 0.417 e. The van der Waals surface area contributed by atoms with Gasteiger partial charge in [-0.25, -0.2) is 0 Å². The van der Waals surface area contributed by atoms with E-state index in [1.807, 2.05) is 4.90 Å². The molecule has 1 amide bonds. The van der Waals surface area contributed by atoms with Crippen molar-refractivity contribution in [3.8, 4) is 0 Å². The molecule has 11 heteroatoms. The van der Waals surface area contributed by atoms with Gasteiger partial charge in [-0.05, 0) is 17.7 Å². The van der Waals surface area contributed by atoms with Gasteiger partial charge in [0.15, 0.2) is 0 Å². The fourth-order valence-corrected chi connectivity index (χ4v) is 3.00. The predicted molar refractivity (Wildman–Crippen MR) is 95.2 cm³/mol. The molecule has 1 aromatic rings. The second kappa shape index (κ2) is 10.3. The Balaban J connectivity index is 2.04. The van der Waals surface area contributed by atoms with E-state index in [9.17, 15) is 31.1 Å². The molecule has 1 aliphatic rings. The van der Waals surface area contributed by atoms with Crippen molar-refractivity contribution < 1.29 is 41.0 Å². The molecule has 1 aliphatic heterocycles. The van der Waals surface area contributed by atoms with Crippen LogP contribution < -0.4 is 0 Å². The van der Waals surface area contributed by atoms with Crippen molar-refractivity contribution >= 4 is 12.0 Å². The number of carbonyl (C=O) groups excluding carboxylic acids is 1. The zero-order valence-electron chi connectivity index (χ0n) is 15.9. The Labute approximate surface area is 169 Å². The van der Waals surface area contributed by atoms with E-state index in [1.54, 1.807) is 6.07 Å². The van der Waals surface area contributed by atoms with Crippen LogP contribution in [-0.4, -0.2) is 73.4 Å². The Kier molecular flexibility index (Phi) is 8.27. The summed E-state index contributed by atoms with van der Waals surface area (Å²) in [7, 11) is 0. The van der Waals surface area contributed by atoms with Gasteiger partial charge in [0.05, 0.1) is 30.9 Å². The highest BCUT2D eigenvalue weighted by Crippen LogP contribution is 2.42. The van der Waals surface area contributed by atoms with Gasteiger partial charge in [-0.2, -0.15) is 26.3 Å². The van der Waals surface area contributed by atoms with Crippen molar-refractivity contribution in [2.24, 2.45) is 0 Å². The smallest absolute Gasteiger partial charge is 0.394 e. The number of carbonyl (C=O) groups is 1. The summed E-state index contributed by atoms with van der Waals surface area (Å²) in [6.07, 6.45) is -8.88. The molecule has 0 bridgehead atoms. The number of aliphatic hydroxyl groups is 1. The summed E-state index contributed by atoms with van der Waals surface area (Å²) in [4.78, 5) is 15.7. The Bertz CT molecular complexity index is 741. The minimum absolute atomic E-state index is 0.0748. The zero-order chi connectivity index (χ0) is 22.4. The van der Waals surface area contributed by atoms with Gasteiger partial charge < -0.3 is 14.7 Å². The second-order valence-electron chi connectivity index (χ2n) is 6.51. The number of rotatable bonds is 7. The van der Waals surface area contributed by atoms with Gasteiger partial charge >= 0.3 is 12.4 Å². The maximum Gasteiger partial charge on any atom is 0.417 e. The van der Waals surface area contributed by atoms with Crippen LogP contribution >= 0.6 is 0 Å². The maximum absolute atomic E-state index is 13.2. The molecule has 1 heterocycles. The Morgan fingerprint density at radius 2 is 1.77 bits per heavy atom. The first-order valence-electron chi connectivity index (χ1n) is 9.11. The van der Waals surface area contributed by atoms with Crippen molar-refractivity contribution in [1.82, 2.24) is 9.80 Å². The van der Waals surface area contributed by atoms with Crippen molar-refractivity contribution in [2.75, 3.05) is 52.5 Å². The quantitative estimate of drug-likeness (QED) is 0.403. The van der Waals surface area contributed by atoms with E-state index in [1.165, 1.54) is 4.90 Å². The third-order valence-electron chi connectivity index (χ3n) is 4.47. The fraction of sp³-hybridized carbons (Fsp3) is 0.526. The number of nitrogens with zero attached hydrogens (tertiary/aromatic N) is 2. The highest BCUT2D eigenvalue weighted by molar-refractivity contribution is 5.92. The number of ether oxygens (including phenoxy) is 1. The minimum atomic E-state index is -5.25. The molecule has 0 atom stereocenters. The summed E-state index contributed by atoms with van der Waals surface area (Å²) in [5, 5.41) is 8.64. The average Bonchev–Trinajstić information content (AvgIpc) is 2.68. The van der Waals surface area contributed by atoms with Crippen LogP contribution in [0.2, 0.25) is 0 Å². The lowest BCUT2D eigenvalue weighted by molar-refractivity contribution is -0.162. The van der Waals surface area contributed by atoms with E-state index < -0.39 is 35.0 Å². The molecule has 2 rings (SSSR count). The Morgan fingerprint density at radius 3 is 2.33 bits per heavy atom. The molecule has 1 aromatic carbocycles. The number of amides is 1. The molecule has 167 valence electrons. The molecule has 0 aliphatic carbocycles. The number of aliphatic hydroxyl groups excluding tert-OH is 1. The summed E-state index contributed by atoms with van der Waals surface area (Å²) in [5.74, 6) is -0.583. The van der Waals surface area contributed by atoms with Gasteiger partial charge in [0.1, 0.15) is 0 Å². The highest BCUT2D eigenvalue weighted by Gasteiger charge is 2.44. The van der Waals surface area contributed by atoms with Gasteiger partial charge in [-0.15, -0.1) is 0 Å². The average molecular weight is 439 g/mol. The normalized spacial score (nSPS) is 16.4. The SMILES string of the molecule is O=C(/C=C/c1cc[c]c(C(F)(F)F)c1C(F)(F)F)N1CCN(CCOCCO)CC1. The van der Waals surface area contributed by atoms with E-state index >= 15 is 0 Å². The van der Waals surface area contributed by atoms with Crippen LogP contribution in [0.5, 0.6) is 0 Å². The van der Waals surface area contributed by atoms with Gasteiger partial charge in [0.2, 0.25) is 5.91 Å². The number of alkyl halides is 6. The summed E-state index contributed by atoms with van der Waals surface area (Å²) >= 11 is 0. The monoisotopic (exact) mass is 439 g/mol. The molecule has 0 saturated carbocycles. The lowest BCUT2D eigenvalue weighted by Crippen LogP contribution is -2.49. The summed E-state index contributed by atoms with van der Waals surface area (Å²) in [6, 6.07) is 3.19. The molecular formula is C19H21F6N2O3. The van der Waals surface area contributed by atoms with Gasteiger partial charge in [0.25, 0.3) is 0 Å². The minimum Gasteiger partial charge on any atom is -0.394 e. The van der Waals surface area contributed by atoms with Crippen LogP contribution in [0, 0.1) is 6.07 Å². The summed E-state index contributed by atoms with van der Waals surface area (Å²) in [6.45, 7) is 2.87. The topological polar surface area (TPSA) is 53.0 Å². The third-order valence-corrected chi connectivity index (χ3v) is 4.47. The lowest BCUT2D eigenvalue weighted by Gasteiger charge is -2.34. The molecule has 1 N–H and O–H groups in total. The first kappa shape index (κ1) is 24.2. The van der Waals surface area contributed by atoms with Crippen LogP contribution in [0.25, 0.3) is 6.08 Å². The summed E-state index contributed by atoms with van der Waals surface area (Å²) < 4.78 is 83.7. The van der Waals surface area contributed by atoms with E-state index in [0.717, 1.165) is 24.3 Å².